The lowest BCUT2D eigenvalue weighted by Gasteiger charge is -2.13. The summed E-state index contributed by atoms with van der Waals surface area (Å²) in [4.78, 5) is 0.159. The quantitative estimate of drug-likeness (QED) is 0.725. The molecule has 0 aliphatic heterocycles. The van der Waals surface area contributed by atoms with Crippen LogP contribution in [-0.4, -0.2) is 35.8 Å². The van der Waals surface area contributed by atoms with Gasteiger partial charge in [0.1, 0.15) is 10.6 Å². The van der Waals surface area contributed by atoms with Gasteiger partial charge in [0.25, 0.3) is 0 Å². The lowest BCUT2D eigenvalue weighted by Crippen LogP contribution is -2.26. The van der Waals surface area contributed by atoms with Crippen LogP contribution in [0.3, 0.4) is 0 Å². The van der Waals surface area contributed by atoms with Gasteiger partial charge < -0.3 is 14.2 Å². The molecule has 0 spiro atoms. The summed E-state index contributed by atoms with van der Waals surface area (Å²) in [6, 6.07) is 10.6. The topological polar surface area (TPSA) is 73.9 Å². The van der Waals surface area contributed by atoms with Crippen LogP contribution in [0.25, 0.3) is 0 Å². The molecule has 0 fully saturated rings. The minimum absolute atomic E-state index is 0.159. The molecule has 0 saturated carbocycles. The smallest absolute Gasteiger partial charge is 0.244 e. The predicted octanol–water partition coefficient (Wildman–Crippen LogP) is 2.93. The number of hydrogen-bond acceptors (Lipinski definition) is 5. The molecule has 0 saturated heterocycles. The van der Waals surface area contributed by atoms with E-state index in [1.165, 1.54) is 0 Å². The molecule has 0 bridgehead atoms. The third-order valence-electron chi connectivity index (χ3n) is 3.84. The van der Waals surface area contributed by atoms with Crippen LogP contribution in [0.4, 0.5) is 0 Å². The molecule has 1 N–H and O–H groups in total. The summed E-state index contributed by atoms with van der Waals surface area (Å²) in [5, 5.41) is 0. The Labute approximate surface area is 155 Å². The van der Waals surface area contributed by atoms with Crippen molar-refractivity contribution in [3.8, 4) is 17.2 Å². The van der Waals surface area contributed by atoms with Crippen LogP contribution in [0, 0.1) is 6.92 Å². The number of benzene rings is 2. The first kappa shape index (κ1) is 20.1. The maximum Gasteiger partial charge on any atom is 0.244 e. The number of rotatable bonds is 9. The van der Waals surface area contributed by atoms with Crippen molar-refractivity contribution < 1.29 is 22.6 Å². The van der Waals surface area contributed by atoms with E-state index in [4.69, 9.17) is 14.2 Å². The number of ether oxygens (including phenoxy) is 3. The van der Waals surface area contributed by atoms with Crippen molar-refractivity contribution in [2.45, 2.75) is 25.2 Å². The Morgan fingerprint density at radius 2 is 1.65 bits per heavy atom. The van der Waals surface area contributed by atoms with E-state index in [9.17, 15) is 8.42 Å². The number of methoxy groups -OCH3 is 2. The summed E-state index contributed by atoms with van der Waals surface area (Å²) >= 11 is 0. The van der Waals surface area contributed by atoms with Gasteiger partial charge in [-0.1, -0.05) is 12.1 Å². The molecule has 0 aromatic heterocycles. The number of aryl methyl sites for hydroxylation is 1. The third kappa shape index (κ3) is 4.89. The van der Waals surface area contributed by atoms with Crippen molar-refractivity contribution >= 4 is 10.0 Å². The van der Waals surface area contributed by atoms with Gasteiger partial charge in [0.2, 0.25) is 10.0 Å². The first-order valence-corrected chi connectivity index (χ1v) is 9.83. The molecule has 0 unspecified atom stereocenters. The van der Waals surface area contributed by atoms with Gasteiger partial charge in [-0.3, -0.25) is 0 Å². The van der Waals surface area contributed by atoms with Crippen molar-refractivity contribution in [2.24, 2.45) is 0 Å². The lowest BCUT2D eigenvalue weighted by atomic mass is 10.1. The van der Waals surface area contributed by atoms with Crippen LogP contribution >= 0.6 is 0 Å². The van der Waals surface area contributed by atoms with Crippen molar-refractivity contribution in [1.82, 2.24) is 4.72 Å². The summed E-state index contributed by atoms with van der Waals surface area (Å²) in [6.45, 7) is 4.33. The Morgan fingerprint density at radius 1 is 0.962 bits per heavy atom. The van der Waals surface area contributed by atoms with Crippen molar-refractivity contribution in [3.05, 3.63) is 47.5 Å². The molecule has 26 heavy (non-hydrogen) atoms. The minimum Gasteiger partial charge on any atom is -0.493 e. The van der Waals surface area contributed by atoms with E-state index >= 15 is 0 Å². The molecule has 2 rings (SSSR count). The van der Waals surface area contributed by atoms with Gasteiger partial charge in [-0.25, -0.2) is 13.1 Å². The Hall–Kier alpha value is -2.25. The number of nitrogens with one attached hydrogen (secondary N) is 1. The highest BCUT2D eigenvalue weighted by atomic mass is 32.2. The molecule has 0 amide bonds. The molecule has 0 aliphatic carbocycles. The van der Waals surface area contributed by atoms with Crippen LogP contribution < -0.4 is 18.9 Å². The van der Waals surface area contributed by atoms with Gasteiger partial charge in [0.15, 0.2) is 11.5 Å². The van der Waals surface area contributed by atoms with E-state index in [1.807, 2.05) is 32.0 Å². The number of sulfonamides is 1. The van der Waals surface area contributed by atoms with Gasteiger partial charge in [0.05, 0.1) is 20.8 Å². The molecule has 0 radical (unpaired) electrons. The normalized spacial score (nSPS) is 11.2. The van der Waals surface area contributed by atoms with E-state index in [0.717, 1.165) is 11.1 Å². The molecule has 142 valence electrons. The maximum absolute atomic E-state index is 12.7. The van der Waals surface area contributed by atoms with E-state index < -0.39 is 10.0 Å². The second-order valence-electron chi connectivity index (χ2n) is 5.72. The average Bonchev–Trinajstić information content (AvgIpc) is 2.63. The standard InChI is InChI=1S/C19H25NO5S/c1-5-25-17-8-6-14(2)12-19(17)26(21,22)20-11-10-15-7-9-16(23-3)18(13-15)24-4/h6-9,12-13,20H,5,10-11H2,1-4H3. The van der Waals surface area contributed by atoms with Crippen LogP contribution in [0.5, 0.6) is 17.2 Å². The highest BCUT2D eigenvalue weighted by molar-refractivity contribution is 7.89. The van der Waals surface area contributed by atoms with Gasteiger partial charge in [-0.15, -0.1) is 0 Å². The zero-order valence-corrected chi connectivity index (χ0v) is 16.4. The Bertz CT molecular complexity index is 849. The van der Waals surface area contributed by atoms with Crippen molar-refractivity contribution in [2.75, 3.05) is 27.4 Å². The molecule has 0 aliphatic rings. The van der Waals surface area contributed by atoms with Crippen LogP contribution in [-0.2, 0) is 16.4 Å². The molecule has 2 aromatic rings. The fourth-order valence-electron chi connectivity index (χ4n) is 2.54. The zero-order chi connectivity index (χ0) is 19.2. The fraction of sp³-hybridized carbons (Fsp3) is 0.368. The van der Waals surface area contributed by atoms with Crippen molar-refractivity contribution in [1.29, 1.82) is 0 Å². The zero-order valence-electron chi connectivity index (χ0n) is 15.5. The summed E-state index contributed by atoms with van der Waals surface area (Å²) in [6.07, 6.45) is 0.523. The molecule has 2 aromatic carbocycles. The highest BCUT2D eigenvalue weighted by Gasteiger charge is 2.19. The maximum atomic E-state index is 12.7. The van der Waals surface area contributed by atoms with Crippen LogP contribution in [0.1, 0.15) is 18.1 Å². The molecule has 0 atom stereocenters. The second kappa shape index (κ2) is 8.91. The van der Waals surface area contributed by atoms with Crippen molar-refractivity contribution in [3.63, 3.8) is 0 Å². The monoisotopic (exact) mass is 379 g/mol. The van der Waals surface area contributed by atoms with Gasteiger partial charge >= 0.3 is 0 Å². The second-order valence-corrected chi connectivity index (χ2v) is 7.46. The van der Waals surface area contributed by atoms with E-state index in [1.54, 1.807) is 32.4 Å². The molecular formula is C19H25NO5S. The average molecular weight is 379 g/mol. The molecule has 7 heteroatoms. The van der Waals surface area contributed by atoms with Gasteiger partial charge in [-0.2, -0.15) is 0 Å². The van der Waals surface area contributed by atoms with Gasteiger partial charge in [0, 0.05) is 6.54 Å². The molecule has 6 nitrogen and oxygen atoms in total. The number of hydrogen-bond donors (Lipinski definition) is 1. The Morgan fingerprint density at radius 3 is 2.31 bits per heavy atom. The summed E-state index contributed by atoms with van der Waals surface area (Å²) in [7, 11) is -0.526. The third-order valence-corrected chi connectivity index (χ3v) is 5.32. The van der Waals surface area contributed by atoms with Crippen LogP contribution in [0.15, 0.2) is 41.3 Å². The molecule has 0 heterocycles. The fourth-order valence-corrected chi connectivity index (χ4v) is 3.80. The lowest BCUT2D eigenvalue weighted by molar-refractivity contribution is 0.331. The first-order valence-electron chi connectivity index (χ1n) is 8.35. The first-order chi connectivity index (χ1) is 12.4. The summed E-state index contributed by atoms with van der Waals surface area (Å²) in [5.74, 6) is 1.61. The SMILES string of the molecule is CCOc1ccc(C)cc1S(=O)(=O)NCCc1ccc(OC)c(OC)c1. The van der Waals surface area contributed by atoms with E-state index in [2.05, 4.69) is 4.72 Å². The van der Waals surface area contributed by atoms with E-state index in [0.29, 0.717) is 30.3 Å². The predicted molar refractivity (Wildman–Crippen MR) is 101 cm³/mol. The summed E-state index contributed by atoms with van der Waals surface area (Å²) in [5.41, 5.74) is 1.80. The highest BCUT2D eigenvalue weighted by Crippen LogP contribution is 2.28. The summed E-state index contributed by atoms with van der Waals surface area (Å²) < 4.78 is 43.9. The largest absolute Gasteiger partial charge is 0.493 e. The Balaban J connectivity index is 2.10. The molecular weight excluding hydrogens is 354 g/mol. The Kier molecular flexibility index (Phi) is 6.88. The van der Waals surface area contributed by atoms with Crippen LogP contribution in [0.2, 0.25) is 0 Å². The van der Waals surface area contributed by atoms with Gasteiger partial charge in [-0.05, 0) is 55.7 Å². The minimum atomic E-state index is -3.67. The van der Waals surface area contributed by atoms with E-state index in [-0.39, 0.29) is 11.4 Å².